The molecule has 5 nitrogen and oxygen atoms in total. The van der Waals surface area contributed by atoms with E-state index in [4.69, 9.17) is 28.9 Å². The Labute approximate surface area is 131 Å². The maximum atomic E-state index is 13.4. The molecule has 2 amide bonds. The van der Waals surface area contributed by atoms with Gasteiger partial charge in [-0.15, -0.1) is 0 Å². The summed E-state index contributed by atoms with van der Waals surface area (Å²) in [7, 11) is 0. The Bertz CT molecular complexity index is 560. The zero-order valence-corrected chi connectivity index (χ0v) is 12.5. The molecule has 1 aliphatic rings. The number of primary amides is 1. The van der Waals surface area contributed by atoms with E-state index in [1.165, 1.54) is 11.0 Å². The van der Waals surface area contributed by atoms with Gasteiger partial charge in [0, 0.05) is 12.2 Å². The van der Waals surface area contributed by atoms with Crippen LogP contribution in [0.5, 0.6) is 0 Å². The van der Waals surface area contributed by atoms with Gasteiger partial charge in [0.1, 0.15) is 11.9 Å². The zero-order valence-electron chi connectivity index (χ0n) is 11.0. The van der Waals surface area contributed by atoms with Gasteiger partial charge in [0.05, 0.1) is 16.6 Å². The highest BCUT2D eigenvalue weighted by molar-refractivity contribution is 6.42. The van der Waals surface area contributed by atoms with Crippen LogP contribution >= 0.6 is 23.2 Å². The minimum absolute atomic E-state index is 0.0581. The lowest BCUT2D eigenvalue weighted by molar-refractivity contribution is -0.135. The van der Waals surface area contributed by atoms with Gasteiger partial charge in [0.25, 0.3) is 0 Å². The molecule has 8 heteroatoms. The van der Waals surface area contributed by atoms with Crippen molar-refractivity contribution in [1.29, 1.82) is 0 Å². The van der Waals surface area contributed by atoms with E-state index in [-0.39, 0.29) is 22.5 Å². The SMILES string of the molecule is NC(=O)[C@@H]1CCCN1C(=O)CNc1cc(F)c(Cl)c(Cl)c1. The van der Waals surface area contributed by atoms with E-state index in [9.17, 15) is 14.0 Å². The van der Waals surface area contributed by atoms with Gasteiger partial charge in [-0.05, 0) is 25.0 Å². The van der Waals surface area contributed by atoms with E-state index in [1.54, 1.807) is 0 Å². The quantitative estimate of drug-likeness (QED) is 0.827. The van der Waals surface area contributed by atoms with Crippen LogP contribution in [0.3, 0.4) is 0 Å². The standard InChI is InChI=1S/C13H14Cl2FN3O2/c14-8-4-7(5-9(16)12(8)15)18-6-11(20)19-3-1-2-10(19)13(17)21/h4-5,10,18H,1-3,6H2,(H2,17,21)/t10-/m0/s1. The van der Waals surface area contributed by atoms with Crippen molar-refractivity contribution in [2.24, 2.45) is 5.73 Å². The predicted octanol–water partition coefficient (Wildman–Crippen LogP) is 2.02. The van der Waals surface area contributed by atoms with Gasteiger partial charge in [-0.2, -0.15) is 0 Å². The van der Waals surface area contributed by atoms with Crippen LogP contribution in [0.25, 0.3) is 0 Å². The van der Waals surface area contributed by atoms with E-state index in [1.807, 2.05) is 0 Å². The molecular formula is C13H14Cl2FN3O2. The molecule has 1 saturated heterocycles. The van der Waals surface area contributed by atoms with E-state index in [2.05, 4.69) is 5.32 Å². The number of carbonyl (C=O) groups excluding carboxylic acids is 2. The number of hydrogen-bond acceptors (Lipinski definition) is 3. The topological polar surface area (TPSA) is 75.4 Å². The van der Waals surface area contributed by atoms with Gasteiger partial charge in [0.15, 0.2) is 0 Å². The number of amides is 2. The number of nitrogens with one attached hydrogen (secondary N) is 1. The fourth-order valence-corrected chi connectivity index (χ4v) is 2.61. The number of halogens is 3. The molecule has 1 aromatic rings. The van der Waals surface area contributed by atoms with Crippen LogP contribution < -0.4 is 11.1 Å². The number of benzene rings is 1. The Morgan fingerprint density at radius 1 is 1.43 bits per heavy atom. The molecule has 2 rings (SSSR count). The minimum atomic E-state index is -0.671. The lowest BCUT2D eigenvalue weighted by atomic mass is 10.2. The first-order valence-corrected chi connectivity index (χ1v) is 7.13. The van der Waals surface area contributed by atoms with E-state index < -0.39 is 17.8 Å². The lowest BCUT2D eigenvalue weighted by Gasteiger charge is -2.22. The summed E-state index contributed by atoms with van der Waals surface area (Å²) in [6.07, 6.45) is 1.31. The minimum Gasteiger partial charge on any atom is -0.376 e. The number of hydrogen-bond donors (Lipinski definition) is 2. The maximum absolute atomic E-state index is 13.4. The third-order valence-corrected chi connectivity index (χ3v) is 4.11. The van der Waals surface area contributed by atoms with E-state index in [0.717, 1.165) is 12.5 Å². The molecule has 0 aromatic heterocycles. The fraction of sp³-hybridized carbons (Fsp3) is 0.385. The Balaban J connectivity index is 2.00. The van der Waals surface area contributed by atoms with Crippen molar-refractivity contribution >= 4 is 40.7 Å². The Kier molecular flexibility index (Phi) is 4.90. The average molecular weight is 334 g/mol. The van der Waals surface area contributed by atoms with Crippen molar-refractivity contribution in [1.82, 2.24) is 4.90 Å². The van der Waals surface area contributed by atoms with E-state index in [0.29, 0.717) is 18.7 Å². The van der Waals surface area contributed by atoms with Crippen molar-refractivity contribution in [3.63, 3.8) is 0 Å². The average Bonchev–Trinajstić information content (AvgIpc) is 2.91. The lowest BCUT2D eigenvalue weighted by Crippen LogP contribution is -2.45. The van der Waals surface area contributed by atoms with Crippen molar-refractivity contribution in [2.45, 2.75) is 18.9 Å². The highest BCUT2D eigenvalue weighted by Gasteiger charge is 2.32. The third-order valence-electron chi connectivity index (χ3n) is 3.33. The van der Waals surface area contributed by atoms with Crippen LogP contribution in [-0.4, -0.2) is 35.8 Å². The molecule has 0 saturated carbocycles. The van der Waals surface area contributed by atoms with Crippen molar-refractivity contribution in [2.75, 3.05) is 18.4 Å². The summed E-state index contributed by atoms with van der Waals surface area (Å²) in [5.74, 6) is -1.46. The monoisotopic (exact) mass is 333 g/mol. The summed E-state index contributed by atoms with van der Waals surface area (Å²) in [5.41, 5.74) is 5.59. The smallest absolute Gasteiger partial charge is 0.242 e. The second-order valence-corrected chi connectivity index (χ2v) is 5.54. The number of likely N-dealkylation sites (tertiary alicyclic amines) is 1. The highest BCUT2D eigenvalue weighted by atomic mass is 35.5. The molecule has 1 aromatic carbocycles. The summed E-state index contributed by atoms with van der Waals surface area (Å²) < 4.78 is 13.4. The molecule has 1 heterocycles. The molecule has 1 fully saturated rings. The first-order valence-electron chi connectivity index (χ1n) is 6.37. The molecule has 0 unspecified atom stereocenters. The summed E-state index contributed by atoms with van der Waals surface area (Å²) >= 11 is 11.4. The number of rotatable bonds is 4. The Hall–Kier alpha value is -1.53. The normalized spacial score (nSPS) is 17.9. The molecule has 0 spiro atoms. The summed E-state index contributed by atoms with van der Waals surface area (Å²) in [5, 5.41) is 2.66. The van der Waals surface area contributed by atoms with Gasteiger partial charge < -0.3 is 16.0 Å². The number of carbonyl (C=O) groups is 2. The van der Waals surface area contributed by atoms with Crippen molar-refractivity contribution < 1.29 is 14.0 Å². The van der Waals surface area contributed by atoms with Gasteiger partial charge in [-0.25, -0.2) is 4.39 Å². The first kappa shape index (κ1) is 15.9. The molecular weight excluding hydrogens is 320 g/mol. The van der Waals surface area contributed by atoms with Crippen LogP contribution in [-0.2, 0) is 9.59 Å². The maximum Gasteiger partial charge on any atom is 0.242 e. The molecule has 0 aliphatic carbocycles. The third kappa shape index (κ3) is 3.57. The molecule has 1 atom stereocenters. The van der Waals surface area contributed by atoms with Crippen LogP contribution in [0.15, 0.2) is 12.1 Å². The summed E-state index contributed by atoms with van der Waals surface area (Å²) in [6, 6.07) is 2.01. The number of nitrogens with zero attached hydrogens (tertiary/aromatic N) is 1. The van der Waals surface area contributed by atoms with Crippen molar-refractivity contribution in [3.05, 3.63) is 28.0 Å². The molecule has 1 aliphatic heterocycles. The number of nitrogens with two attached hydrogens (primary N) is 1. The molecule has 114 valence electrons. The van der Waals surface area contributed by atoms with Crippen LogP contribution in [0.1, 0.15) is 12.8 Å². The summed E-state index contributed by atoms with van der Waals surface area (Å²) in [4.78, 5) is 24.8. The molecule has 0 bridgehead atoms. The van der Waals surface area contributed by atoms with Gasteiger partial charge >= 0.3 is 0 Å². The van der Waals surface area contributed by atoms with Crippen LogP contribution in [0.4, 0.5) is 10.1 Å². The van der Waals surface area contributed by atoms with Gasteiger partial charge in [-0.3, -0.25) is 9.59 Å². The van der Waals surface area contributed by atoms with Gasteiger partial charge in [-0.1, -0.05) is 23.2 Å². The Morgan fingerprint density at radius 3 is 2.76 bits per heavy atom. The van der Waals surface area contributed by atoms with Crippen LogP contribution in [0.2, 0.25) is 10.0 Å². The fourth-order valence-electron chi connectivity index (χ4n) is 2.30. The van der Waals surface area contributed by atoms with E-state index >= 15 is 0 Å². The Morgan fingerprint density at radius 2 is 2.14 bits per heavy atom. The van der Waals surface area contributed by atoms with Crippen LogP contribution in [0, 0.1) is 5.82 Å². The largest absolute Gasteiger partial charge is 0.376 e. The van der Waals surface area contributed by atoms with Gasteiger partial charge in [0.2, 0.25) is 11.8 Å². The highest BCUT2D eigenvalue weighted by Crippen LogP contribution is 2.28. The first-order chi connectivity index (χ1) is 9.90. The molecule has 3 N–H and O–H groups in total. The summed E-state index contributed by atoms with van der Waals surface area (Å²) in [6.45, 7) is 0.408. The predicted molar refractivity (Wildman–Crippen MR) is 78.8 cm³/mol. The number of anilines is 1. The second kappa shape index (κ2) is 6.49. The van der Waals surface area contributed by atoms with Crippen molar-refractivity contribution in [3.8, 4) is 0 Å². The molecule has 21 heavy (non-hydrogen) atoms. The second-order valence-electron chi connectivity index (χ2n) is 4.75. The zero-order chi connectivity index (χ0) is 15.6. The molecule has 0 radical (unpaired) electrons.